The van der Waals surface area contributed by atoms with Crippen molar-refractivity contribution in [3.8, 4) is 0 Å². The van der Waals surface area contributed by atoms with Crippen LogP contribution in [0.15, 0.2) is 42.5 Å². The summed E-state index contributed by atoms with van der Waals surface area (Å²) in [6.45, 7) is 5.03. The second-order valence-electron chi connectivity index (χ2n) is 7.80. The molecule has 0 aliphatic heterocycles. The van der Waals surface area contributed by atoms with E-state index >= 15 is 0 Å². The number of nitrogens with one attached hydrogen (secondary N) is 1. The van der Waals surface area contributed by atoms with E-state index in [2.05, 4.69) is 5.32 Å². The van der Waals surface area contributed by atoms with Gasteiger partial charge in [-0.25, -0.2) is 12.8 Å². The average Bonchev–Trinajstić information content (AvgIpc) is 2.71. The van der Waals surface area contributed by atoms with E-state index in [4.69, 9.17) is 0 Å². The minimum absolute atomic E-state index is 0.0372. The number of benzene rings is 2. The number of likely N-dealkylation sites (N-methyl/N-ethyl adjacent to an activating group) is 1. The number of halogens is 1. The van der Waals surface area contributed by atoms with Gasteiger partial charge in [0.05, 0.1) is 11.9 Å². The molecule has 0 radical (unpaired) electrons. The summed E-state index contributed by atoms with van der Waals surface area (Å²) in [7, 11) is -2.31. The Morgan fingerprint density at radius 1 is 1.06 bits per heavy atom. The molecule has 2 rings (SSSR count). The summed E-state index contributed by atoms with van der Waals surface area (Å²) in [4.78, 5) is 27.2. The first-order valence-corrected chi connectivity index (χ1v) is 12.1. The lowest BCUT2D eigenvalue weighted by Gasteiger charge is -2.32. The first kappa shape index (κ1) is 25.3. The molecule has 7 nitrogen and oxygen atoms in total. The molecule has 0 aromatic heterocycles. The van der Waals surface area contributed by atoms with E-state index in [1.54, 1.807) is 19.1 Å². The van der Waals surface area contributed by atoms with Gasteiger partial charge >= 0.3 is 0 Å². The standard InChI is InChI=1S/C23H30FN3O4S/c1-6-21(23(29)25-4)26(14-18-7-9-19(24)10-8-18)22(28)15-27(32(5,30)31)20-12-16(2)11-17(3)13-20/h7-13,21H,6,14-15H2,1-5H3,(H,25,29). The van der Waals surface area contributed by atoms with Crippen LogP contribution in [-0.2, 0) is 26.2 Å². The molecular weight excluding hydrogens is 433 g/mol. The minimum Gasteiger partial charge on any atom is -0.357 e. The first-order valence-electron chi connectivity index (χ1n) is 10.3. The Kier molecular flexibility index (Phi) is 8.38. The molecular formula is C23H30FN3O4S. The molecule has 0 bridgehead atoms. The number of aryl methyl sites for hydroxylation is 2. The molecule has 0 aliphatic rings. The monoisotopic (exact) mass is 463 g/mol. The van der Waals surface area contributed by atoms with Crippen LogP contribution in [0.3, 0.4) is 0 Å². The van der Waals surface area contributed by atoms with Crippen molar-refractivity contribution in [1.82, 2.24) is 10.2 Å². The van der Waals surface area contributed by atoms with Gasteiger partial charge in [-0.1, -0.05) is 25.1 Å². The molecule has 1 atom stereocenters. The van der Waals surface area contributed by atoms with Crippen LogP contribution < -0.4 is 9.62 Å². The van der Waals surface area contributed by atoms with E-state index in [9.17, 15) is 22.4 Å². The van der Waals surface area contributed by atoms with Crippen LogP contribution in [0.1, 0.15) is 30.0 Å². The van der Waals surface area contributed by atoms with Crippen molar-refractivity contribution in [2.24, 2.45) is 0 Å². The van der Waals surface area contributed by atoms with E-state index in [-0.39, 0.29) is 12.5 Å². The molecule has 2 aromatic carbocycles. The van der Waals surface area contributed by atoms with Crippen LogP contribution in [0.25, 0.3) is 0 Å². The lowest BCUT2D eigenvalue weighted by molar-refractivity contribution is -0.140. The van der Waals surface area contributed by atoms with Crippen molar-refractivity contribution in [1.29, 1.82) is 0 Å². The van der Waals surface area contributed by atoms with Crippen LogP contribution in [0.5, 0.6) is 0 Å². The van der Waals surface area contributed by atoms with E-state index in [0.717, 1.165) is 21.7 Å². The van der Waals surface area contributed by atoms with Gasteiger partial charge in [0.2, 0.25) is 21.8 Å². The van der Waals surface area contributed by atoms with Crippen LogP contribution in [-0.4, -0.2) is 51.0 Å². The lowest BCUT2D eigenvalue weighted by atomic mass is 10.1. The van der Waals surface area contributed by atoms with Gasteiger partial charge in [-0.2, -0.15) is 0 Å². The smallest absolute Gasteiger partial charge is 0.244 e. The predicted molar refractivity (Wildman–Crippen MR) is 123 cm³/mol. The number of nitrogens with zero attached hydrogens (tertiary/aromatic N) is 2. The second kappa shape index (κ2) is 10.6. The zero-order chi connectivity index (χ0) is 24.1. The average molecular weight is 464 g/mol. The Balaban J connectivity index is 2.45. The summed E-state index contributed by atoms with van der Waals surface area (Å²) in [6.07, 6.45) is 1.37. The Labute approximate surface area is 189 Å². The number of anilines is 1. The third-order valence-electron chi connectivity index (χ3n) is 5.07. The Bertz CT molecular complexity index is 1050. The topological polar surface area (TPSA) is 86.8 Å². The maximum atomic E-state index is 13.4. The normalized spacial score (nSPS) is 12.2. The third kappa shape index (κ3) is 6.53. The number of hydrogen-bond donors (Lipinski definition) is 1. The lowest BCUT2D eigenvalue weighted by Crippen LogP contribution is -2.51. The van der Waals surface area contributed by atoms with Gasteiger partial charge in [0.1, 0.15) is 18.4 Å². The van der Waals surface area contributed by atoms with Gasteiger partial charge in [0.15, 0.2) is 0 Å². The maximum absolute atomic E-state index is 13.4. The summed E-state index contributed by atoms with van der Waals surface area (Å²) in [6, 6.07) is 10.1. The maximum Gasteiger partial charge on any atom is 0.244 e. The molecule has 2 aromatic rings. The fourth-order valence-electron chi connectivity index (χ4n) is 3.58. The summed E-state index contributed by atoms with van der Waals surface area (Å²) in [5.41, 5.74) is 2.73. The molecule has 32 heavy (non-hydrogen) atoms. The Morgan fingerprint density at radius 3 is 2.09 bits per heavy atom. The van der Waals surface area contributed by atoms with Gasteiger partial charge < -0.3 is 10.2 Å². The van der Waals surface area contributed by atoms with Crippen LogP contribution in [0, 0.1) is 19.7 Å². The summed E-state index contributed by atoms with van der Waals surface area (Å²) < 4.78 is 39.5. The highest BCUT2D eigenvalue weighted by atomic mass is 32.2. The molecule has 0 heterocycles. The zero-order valence-electron chi connectivity index (χ0n) is 19.1. The highest BCUT2D eigenvalue weighted by Gasteiger charge is 2.31. The van der Waals surface area contributed by atoms with Crippen LogP contribution >= 0.6 is 0 Å². The molecule has 0 fully saturated rings. The first-order chi connectivity index (χ1) is 15.0. The minimum atomic E-state index is -3.78. The fraction of sp³-hybridized carbons (Fsp3) is 0.391. The van der Waals surface area contributed by atoms with Gasteiger partial charge in [-0.15, -0.1) is 0 Å². The van der Waals surface area contributed by atoms with Crippen molar-refractivity contribution in [3.63, 3.8) is 0 Å². The number of carbonyl (C=O) groups excluding carboxylic acids is 2. The van der Waals surface area contributed by atoms with Crippen molar-refractivity contribution in [2.75, 3.05) is 24.2 Å². The summed E-state index contributed by atoms with van der Waals surface area (Å²) >= 11 is 0. The molecule has 2 amide bonds. The summed E-state index contributed by atoms with van der Waals surface area (Å²) in [5, 5.41) is 2.55. The Morgan fingerprint density at radius 2 is 1.62 bits per heavy atom. The van der Waals surface area contributed by atoms with Gasteiger partial charge in [-0.3, -0.25) is 13.9 Å². The third-order valence-corrected chi connectivity index (χ3v) is 6.21. The predicted octanol–water partition coefficient (Wildman–Crippen LogP) is 2.76. The quantitative estimate of drug-likeness (QED) is 0.620. The highest BCUT2D eigenvalue weighted by molar-refractivity contribution is 7.92. The zero-order valence-corrected chi connectivity index (χ0v) is 19.9. The second-order valence-corrected chi connectivity index (χ2v) is 9.71. The molecule has 0 saturated heterocycles. The molecule has 0 aliphatic carbocycles. The van der Waals surface area contributed by atoms with Gasteiger partial charge in [0, 0.05) is 13.6 Å². The molecule has 1 N–H and O–H groups in total. The highest BCUT2D eigenvalue weighted by Crippen LogP contribution is 2.22. The molecule has 9 heteroatoms. The Hall–Kier alpha value is -2.94. The van der Waals surface area contributed by atoms with Crippen LogP contribution in [0.2, 0.25) is 0 Å². The van der Waals surface area contributed by atoms with Gasteiger partial charge in [0.25, 0.3) is 0 Å². The number of rotatable bonds is 9. The number of carbonyl (C=O) groups is 2. The van der Waals surface area contributed by atoms with Crippen molar-refractivity contribution in [2.45, 2.75) is 39.8 Å². The SMILES string of the molecule is CCC(C(=O)NC)N(Cc1ccc(F)cc1)C(=O)CN(c1cc(C)cc(C)c1)S(C)(=O)=O. The number of sulfonamides is 1. The van der Waals surface area contributed by atoms with Crippen molar-refractivity contribution < 1.29 is 22.4 Å². The fourth-order valence-corrected chi connectivity index (χ4v) is 4.41. The van der Waals surface area contributed by atoms with E-state index < -0.39 is 34.3 Å². The van der Waals surface area contributed by atoms with E-state index in [0.29, 0.717) is 17.7 Å². The molecule has 0 spiro atoms. The molecule has 1 unspecified atom stereocenters. The van der Waals surface area contributed by atoms with Crippen molar-refractivity contribution in [3.05, 3.63) is 65.0 Å². The summed E-state index contributed by atoms with van der Waals surface area (Å²) in [5.74, 6) is -1.31. The van der Waals surface area contributed by atoms with E-state index in [1.807, 2.05) is 19.9 Å². The largest absolute Gasteiger partial charge is 0.357 e. The van der Waals surface area contributed by atoms with Crippen LogP contribution in [0.4, 0.5) is 10.1 Å². The number of amides is 2. The van der Waals surface area contributed by atoms with Gasteiger partial charge in [-0.05, 0) is 61.2 Å². The van der Waals surface area contributed by atoms with Crippen molar-refractivity contribution >= 4 is 27.5 Å². The van der Waals surface area contributed by atoms with E-state index in [1.165, 1.54) is 36.2 Å². The number of hydrogen-bond acceptors (Lipinski definition) is 4. The molecule has 0 saturated carbocycles. The molecule has 174 valence electrons.